The van der Waals surface area contributed by atoms with E-state index >= 15 is 0 Å². The van der Waals surface area contributed by atoms with Gasteiger partial charge in [-0.05, 0) is 53.2 Å². The number of nitrogens with one attached hydrogen (secondary N) is 1. The fourth-order valence-corrected chi connectivity index (χ4v) is 5.54. The van der Waals surface area contributed by atoms with Gasteiger partial charge in [0.05, 0.1) is 0 Å². The molecule has 5 atom stereocenters. The minimum absolute atomic E-state index is 0.0483. The highest BCUT2D eigenvalue weighted by Crippen LogP contribution is 2.68. The zero-order chi connectivity index (χ0) is 17.6. The number of nitrogens with zero attached hydrogens (tertiary/aromatic N) is 1. The van der Waals surface area contributed by atoms with Crippen molar-refractivity contribution in [2.24, 2.45) is 23.2 Å². The molecule has 1 amide bonds. The molecule has 0 radical (unpaired) electrons. The van der Waals surface area contributed by atoms with Crippen LogP contribution in [0.2, 0.25) is 0 Å². The van der Waals surface area contributed by atoms with Crippen molar-refractivity contribution in [3.05, 3.63) is 66.0 Å². The molecule has 3 heteroatoms. The average molecular weight is 334 g/mol. The minimum Gasteiger partial charge on any atom is -0.348 e. The molecule has 0 unspecified atom stereocenters. The van der Waals surface area contributed by atoms with Crippen LogP contribution in [-0.2, 0) is 0 Å². The Morgan fingerprint density at radius 1 is 1.12 bits per heavy atom. The highest BCUT2D eigenvalue weighted by atomic mass is 16.1. The summed E-state index contributed by atoms with van der Waals surface area (Å²) in [7, 11) is 0. The lowest BCUT2D eigenvalue weighted by Crippen LogP contribution is -2.64. The number of amides is 1. The van der Waals surface area contributed by atoms with E-state index in [4.69, 9.17) is 0 Å². The average Bonchev–Trinajstić information content (AvgIpc) is 2.63. The molecule has 130 valence electrons. The Bertz CT molecular complexity index is 756. The Hall–Kier alpha value is -2.16. The molecule has 1 aromatic carbocycles. The van der Waals surface area contributed by atoms with Crippen LogP contribution in [0.5, 0.6) is 0 Å². The van der Waals surface area contributed by atoms with Gasteiger partial charge in [-0.15, -0.1) is 0 Å². The van der Waals surface area contributed by atoms with Gasteiger partial charge in [-0.25, -0.2) is 0 Å². The Morgan fingerprint density at radius 2 is 1.84 bits per heavy atom. The van der Waals surface area contributed by atoms with Crippen LogP contribution in [-0.4, -0.2) is 16.9 Å². The van der Waals surface area contributed by atoms with E-state index in [0.717, 1.165) is 6.42 Å². The van der Waals surface area contributed by atoms with Crippen LogP contribution < -0.4 is 5.32 Å². The summed E-state index contributed by atoms with van der Waals surface area (Å²) in [5, 5.41) is 3.25. The van der Waals surface area contributed by atoms with Crippen LogP contribution in [0, 0.1) is 23.2 Å². The lowest BCUT2D eigenvalue weighted by Gasteiger charge is -2.67. The Labute approximate surface area is 149 Å². The van der Waals surface area contributed by atoms with Crippen LogP contribution in [0.25, 0.3) is 0 Å². The Morgan fingerprint density at radius 3 is 2.48 bits per heavy atom. The number of benzene rings is 1. The van der Waals surface area contributed by atoms with E-state index in [9.17, 15) is 4.79 Å². The maximum Gasteiger partial charge on any atom is 0.270 e. The second-order valence-corrected chi connectivity index (χ2v) is 8.28. The van der Waals surface area contributed by atoms with E-state index in [-0.39, 0.29) is 11.9 Å². The highest BCUT2D eigenvalue weighted by molar-refractivity contribution is 5.92. The van der Waals surface area contributed by atoms with Gasteiger partial charge in [-0.3, -0.25) is 9.78 Å². The number of aromatic nitrogens is 1. The molecule has 1 heterocycles. The molecule has 2 saturated carbocycles. The van der Waals surface area contributed by atoms with Crippen LogP contribution in [0.4, 0.5) is 0 Å². The van der Waals surface area contributed by atoms with Crippen LogP contribution in [0.15, 0.2) is 54.7 Å². The van der Waals surface area contributed by atoms with E-state index in [2.05, 4.69) is 61.4 Å². The van der Waals surface area contributed by atoms with Gasteiger partial charge >= 0.3 is 0 Å². The lowest BCUT2D eigenvalue weighted by atomic mass is 9.38. The first-order valence-electron chi connectivity index (χ1n) is 9.27. The van der Waals surface area contributed by atoms with Crippen molar-refractivity contribution in [2.45, 2.75) is 39.2 Å². The molecule has 2 aliphatic carbocycles. The van der Waals surface area contributed by atoms with Gasteiger partial charge in [-0.1, -0.05) is 57.2 Å². The van der Waals surface area contributed by atoms with Crippen molar-refractivity contribution in [1.82, 2.24) is 10.3 Å². The summed E-state index contributed by atoms with van der Waals surface area (Å²) in [6, 6.07) is 16.6. The van der Waals surface area contributed by atoms with Crippen molar-refractivity contribution in [1.29, 1.82) is 0 Å². The summed E-state index contributed by atoms with van der Waals surface area (Å²) in [5.41, 5.74) is 2.30. The SMILES string of the molecule is C[C@@H]1[C@H]2[C@@H](c3ccccc3)[C@@H](C[C@H]1NC(=O)c1ccccn1)C2(C)C. The standard InChI is InChI=1S/C22H26N2O/c1-14-18(24-21(25)17-11-7-8-12-23-17)13-16-19(20(14)22(16,2)3)15-9-5-4-6-10-15/h4-12,14,16,18-20H,13H2,1-3H3,(H,24,25)/t14-,16+,18+,19-,20-/m0/s1. The molecule has 3 nitrogen and oxygen atoms in total. The molecule has 0 spiro atoms. The third-order valence-corrected chi connectivity index (χ3v) is 6.74. The van der Waals surface area contributed by atoms with Gasteiger partial charge in [0.15, 0.2) is 0 Å². The minimum atomic E-state index is -0.0483. The Balaban J connectivity index is 1.53. The fraction of sp³-hybridized carbons (Fsp3) is 0.455. The molecule has 0 saturated heterocycles. The van der Waals surface area contributed by atoms with E-state index in [1.807, 2.05) is 12.1 Å². The van der Waals surface area contributed by atoms with Crippen molar-refractivity contribution < 1.29 is 4.79 Å². The highest BCUT2D eigenvalue weighted by Gasteiger charge is 2.63. The second kappa shape index (κ2) is 5.98. The van der Waals surface area contributed by atoms with Gasteiger partial charge in [0, 0.05) is 12.2 Å². The predicted octanol–water partition coefficient (Wildman–Crippen LogP) is 4.28. The van der Waals surface area contributed by atoms with Crippen molar-refractivity contribution in [3.63, 3.8) is 0 Å². The number of carbonyl (C=O) groups is 1. The van der Waals surface area contributed by atoms with E-state index < -0.39 is 0 Å². The molecule has 1 N–H and O–H groups in total. The van der Waals surface area contributed by atoms with E-state index in [1.54, 1.807) is 12.3 Å². The molecule has 4 rings (SSSR count). The number of hydrogen-bond donors (Lipinski definition) is 1. The quantitative estimate of drug-likeness (QED) is 0.910. The third kappa shape index (κ3) is 2.57. The summed E-state index contributed by atoms with van der Waals surface area (Å²) < 4.78 is 0. The van der Waals surface area contributed by atoms with Crippen molar-refractivity contribution >= 4 is 5.91 Å². The van der Waals surface area contributed by atoms with Gasteiger partial charge in [0.25, 0.3) is 5.91 Å². The fourth-order valence-electron chi connectivity index (χ4n) is 5.54. The number of pyridine rings is 1. The van der Waals surface area contributed by atoms with Gasteiger partial charge < -0.3 is 5.32 Å². The first-order valence-corrected chi connectivity index (χ1v) is 9.27. The molecule has 25 heavy (non-hydrogen) atoms. The Kier molecular flexibility index (Phi) is 3.90. The molecular formula is C22H26N2O. The summed E-state index contributed by atoms with van der Waals surface area (Å²) in [5.74, 6) is 2.24. The van der Waals surface area contributed by atoms with Gasteiger partial charge in [0.1, 0.15) is 5.69 Å². The molecule has 2 bridgehead atoms. The van der Waals surface area contributed by atoms with Crippen molar-refractivity contribution in [3.8, 4) is 0 Å². The van der Waals surface area contributed by atoms with Crippen molar-refractivity contribution in [2.75, 3.05) is 0 Å². The summed E-state index contributed by atoms with van der Waals surface area (Å²) >= 11 is 0. The summed E-state index contributed by atoms with van der Waals surface area (Å²) in [6.45, 7) is 7.10. The molecule has 1 aromatic heterocycles. The monoisotopic (exact) mass is 334 g/mol. The largest absolute Gasteiger partial charge is 0.348 e. The molecule has 2 aromatic rings. The lowest BCUT2D eigenvalue weighted by molar-refractivity contribution is -0.139. The zero-order valence-electron chi connectivity index (χ0n) is 15.1. The van der Waals surface area contributed by atoms with Crippen LogP contribution >= 0.6 is 0 Å². The van der Waals surface area contributed by atoms with Gasteiger partial charge in [-0.2, -0.15) is 0 Å². The second-order valence-electron chi connectivity index (χ2n) is 8.28. The normalized spacial score (nSPS) is 32.5. The number of carbonyl (C=O) groups excluding carboxylic acids is 1. The third-order valence-electron chi connectivity index (χ3n) is 6.74. The maximum absolute atomic E-state index is 12.5. The molecule has 0 aliphatic heterocycles. The summed E-state index contributed by atoms with van der Waals surface area (Å²) in [6.07, 6.45) is 2.72. The number of fused-ring (bicyclic) bond motifs is 2. The molecule has 2 aliphatic rings. The summed E-state index contributed by atoms with van der Waals surface area (Å²) in [4.78, 5) is 16.7. The molecule has 2 fully saturated rings. The number of hydrogen-bond acceptors (Lipinski definition) is 2. The number of rotatable bonds is 3. The van der Waals surface area contributed by atoms with E-state index in [1.165, 1.54) is 5.56 Å². The van der Waals surface area contributed by atoms with Crippen LogP contribution in [0.3, 0.4) is 0 Å². The molecular weight excluding hydrogens is 308 g/mol. The van der Waals surface area contributed by atoms with Gasteiger partial charge in [0.2, 0.25) is 0 Å². The smallest absolute Gasteiger partial charge is 0.270 e. The zero-order valence-corrected chi connectivity index (χ0v) is 15.1. The predicted molar refractivity (Wildman–Crippen MR) is 99.2 cm³/mol. The van der Waals surface area contributed by atoms with E-state index in [0.29, 0.717) is 34.8 Å². The topological polar surface area (TPSA) is 42.0 Å². The maximum atomic E-state index is 12.5. The van der Waals surface area contributed by atoms with Crippen LogP contribution in [0.1, 0.15) is 49.2 Å². The first-order chi connectivity index (χ1) is 12.0. The first kappa shape index (κ1) is 16.3.